The molecule has 8 heteroatoms. The highest BCUT2D eigenvalue weighted by Gasteiger charge is 2.35. The van der Waals surface area contributed by atoms with Crippen LogP contribution in [0, 0.1) is 0 Å². The largest absolute Gasteiger partial charge is 0.489 e. The minimum Gasteiger partial charge on any atom is -0.423 e. The normalized spacial score (nSPS) is 11.5. The first kappa shape index (κ1) is 15.3. The first-order valence-electron chi connectivity index (χ1n) is 6.00. The SMILES string of the molecule is O=c1c(C(F)(F)F)cc(B(O)O)cn1Cc1ccccc1. The minimum absolute atomic E-state index is 0.0939. The van der Waals surface area contributed by atoms with Crippen molar-refractivity contribution in [1.29, 1.82) is 0 Å². The molecule has 21 heavy (non-hydrogen) atoms. The van der Waals surface area contributed by atoms with Crippen molar-refractivity contribution in [2.75, 3.05) is 0 Å². The van der Waals surface area contributed by atoms with Gasteiger partial charge in [0.15, 0.2) is 0 Å². The summed E-state index contributed by atoms with van der Waals surface area (Å²) in [6, 6.07) is 8.88. The van der Waals surface area contributed by atoms with Gasteiger partial charge in [0.2, 0.25) is 0 Å². The van der Waals surface area contributed by atoms with Crippen LogP contribution >= 0.6 is 0 Å². The molecule has 4 nitrogen and oxygen atoms in total. The predicted molar refractivity (Wildman–Crippen MR) is 71.1 cm³/mol. The van der Waals surface area contributed by atoms with E-state index >= 15 is 0 Å². The standard InChI is InChI=1S/C13H11BF3NO3/c15-13(16,17)11-6-10(14(20)21)8-18(12(11)19)7-9-4-2-1-3-5-9/h1-6,8,20-21H,7H2. The molecule has 0 fully saturated rings. The van der Waals surface area contributed by atoms with Crippen molar-refractivity contribution in [1.82, 2.24) is 4.57 Å². The molecule has 0 atom stereocenters. The van der Waals surface area contributed by atoms with Crippen LogP contribution in [-0.4, -0.2) is 21.7 Å². The number of benzene rings is 1. The second-order valence-electron chi connectivity index (χ2n) is 4.48. The summed E-state index contributed by atoms with van der Waals surface area (Å²) in [4.78, 5) is 11.9. The average molecular weight is 297 g/mol. The second-order valence-corrected chi connectivity index (χ2v) is 4.48. The summed E-state index contributed by atoms with van der Waals surface area (Å²) >= 11 is 0. The number of rotatable bonds is 3. The fraction of sp³-hybridized carbons (Fsp3) is 0.154. The number of aromatic nitrogens is 1. The van der Waals surface area contributed by atoms with Crippen LogP contribution in [0.1, 0.15) is 11.1 Å². The third kappa shape index (κ3) is 3.53. The molecule has 0 saturated heterocycles. The maximum Gasteiger partial charge on any atom is 0.489 e. The topological polar surface area (TPSA) is 62.5 Å². The number of halogens is 3. The maximum absolute atomic E-state index is 12.8. The highest BCUT2D eigenvalue weighted by molar-refractivity contribution is 6.58. The summed E-state index contributed by atoms with van der Waals surface area (Å²) in [5, 5.41) is 18.1. The zero-order valence-electron chi connectivity index (χ0n) is 10.7. The average Bonchev–Trinajstić information content (AvgIpc) is 2.40. The van der Waals surface area contributed by atoms with Crippen molar-refractivity contribution in [3.05, 3.63) is 64.1 Å². The van der Waals surface area contributed by atoms with E-state index < -0.39 is 29.9 Å². The lowest BCUT2D eigenvalue weighted by molar-refractivity contribution is -0.138. The summed E-state index contributed by atoms with van der Waals surface area (Å²) in [7, 11) is -2.09. The summed E-state index contributed by atoms with van der Waals surface area (Å²) in [6.45, 7) is -0.0939. The molecule has 2 rings (SSSR count). The van der Waals surface area contributed by atoms with Gasteiger partial charge in [-0.3, -0.25) is 4.79 Å². The van der Waals surface area contributed by atoms with Gasteiger partial charge in [0.05, 0.1) is 6.54 Å². The van der Waals surface area contributed by atoms with Gasteiger partial charge in [-0.2, -0.15) is 13.2 Å². The molecular weight excluding hydrogens is 286 g/mol. The Morgan fingerprint density at radius 1 is 1.14 bits per heavy atom. The van der Waals surface area contributed by atoms with Gasteiger partial charge in [-0.1, -0.05) is 30.3 Å². The fourth-order valence-corrected chi connectivity index (χ4v) is 1.90. The molecule has 0 bridgehead atoms. The van der Waals surface area contributed by atoms with Crippen molar-refractivity contribution in [3.63, 3.8) is 0 Å². The van der Waals surface area contributed by atoms with Gasteiger partial charge in [0, 0.05) is 6.20 Å². The molecule has 0 aliphatic rings. The van der Waals surface area contributed by atoms with Crippen molar-refractivity contribution in [2.45, 2.75) is 12.7 Å². The monoisotopic (exact) mass is 297 g/mol. The lowest BCUT2D eigenvalue weighted by Crippen LogP contribution is -2.39. The van der Waals surface area contributed by atoms with Gasteiger partial charge in [-0.05, 0) is 17.1 Å². The number of hydrogen-bond donors (Lipinski definition) is 2. The Labute approximate surface area is 118 Å². The molecule has 110 valence electrons. The van der Waals surface area contributed by atoms with Crippen LogP contribution in [0.5, 0.6) is 0 Å². The summed E-state index contributed by atoms with van der Waals surface area (Å²) < 4.78 is 39.3. The van der Waals surface area contributed by atoms with Gasteiger partial charge in [0.25, 0.3) is 5.56 Å². The van der Waals surface area contributed by atoms with Crippen LogP contribution in [0.3, 0.4) is 0 Å². The van der Waals surface area contributed by atoms with E-state index in [4.69, 9.17) is 10.0 Å². The van der Waals surface area contributed by atoms with Gasteiger partial charge >= 0.3 is 13.3 Å². The van der Waals surface area contributed by atoms with E-state index in [0.29, 0.717) is 11.6 Å². The zero-order chi connectivity index (χ0) is 15.6. The first-order valence-corrected chi connectivity index (χ1v) is 6.00. The summed E-state index contributed by atoms with van der Waals surface area (Å²) in [6.07, 6.45) is -3.85. The molecule has 0 saturated carbocycles. The quantitative estimate of drug-likeness (QED) is 0.815. The molecule has 0 aliphatic carbocycles. The Hall–Kier alpha value is -2.06. The van der Waals surface area contributed by atoms with Crippen molar-refractivity contribution >= 4 is 12.6 Å². The van der Waals surface area contributed by atoms with E-state index in [9.17, 15) is 18.0 Å². The smallest absolute Gasteiger partial charge is 0.423 e. The fourth-order valence-electron chi connectivity index (χ4n) is 1.90. The van der Waals surface area contributed by atoms with Crippen molar-refractivity contribution in [2.24, 2.45) is 0 Å². The second kappa shape index (κ2) is 5.75. The van der Waals surface area contributed by atoms with Gasteiger partial charge in [0.1, 0.15) is 5.56 Å². The molecule has 2 aromatic rings. The van der Waals surface area contributed by atoms with E-state index in [0.717, 1.165) is 10.8 Å². The molecular formula is C13H11BF3NO3. The predicted octanol–water partition coefficient (Wildman–Crippen LogP) is 0.595. The molecule has 1 aromatic carbocycles. The molecule has 0 amide bonds. The molecule has 0 spiro atoms. The Balaban J connectivity index is 2.54. The van der Waals surface area contributed by atoms with Crippen molar-refractivity contribution < 1.29 is 23.2 Å². The van der Waals surface area contributed by atoms with Gasteiger partial charge < -0.3 is 14.6 Å². The Morgan fingerprint density at radius 3 is 2.29 bits per heavy atom. The van der Waals surface area contributed by atoms with Crippen LogP contribution in [0.4, 0.5) is 13.2 Å². The number of nitrogens with zero attached hydrogens (tertiary/aromatic N) is 1. The van der Waals surface area contributed by atoms with Crippen LogP contribution in [-0.2, 0) is 12.7 Å². The third-order valence-corrected chi connectivity index (χ3v) is 2.91. The first-order chi connectivity index (χ1) is 9.79. The number of pyridine rings is 1. The Kier molecular flexibility index (Phi) is 4.20. The summed E-state index contributed by atoms with van der Waals surface area (Å²) in [5.74, 6) is 0. The highest BCUT2D eigenvalue weighted by atomic mass is 19.4. The van der Waals surface area contributed by atoms with Gasteiger partial charge in [-0.15, -0.1) is 0 Å². The molecule has 1 heterocycles. The number of hydrogen-bond acceptors (Lipinski definition) is 3. The maximum atomic E-state index is 12.8. The molecule has 0 radical (unpaired) electrons. The highest BCUT2D eigenvalue weighted by Crippen LogP contribution is 2.25. The lowest BCUT2D eigenvalue weighted by atomic mass is 9.81. The van der Waals surface area contributed by atoms with Crippen LogP contribution in [0.15, 0.2) is 47.4 Å². The van der Waals surface area contributed by atoms with E-state index in [-0.39, 0.29) is 6.54 Å². The van der Waals surface area contributed by atoms with E-state index in [2.05, 4.69) is 0 Å². The van der Waals surface area contributed by atoms with Crippen LogP contribution in [0.25, 0.3) is 0 Å². The van der Waals surface area contributed by atoms with E-state index in [1.54, 1.807) is 30.3 Å². The van der Waals surface area contributed by atoms with E-state index in [1.165, 1.54) is 0 Å². The third-order valence-electron chi connectivity index (χ3n) is 2.91. The lowest BCUT2D eigenvalue weighted by Gasteiger charge is -2.13. The number of alkyl halides is 3. The van der Waals surface area contributed by atoms with Crippen LogP contribution in [0.2, 0.25) is 0 Å². The van der Waals surface area contributed by atoms with Gasteiger partial charge in [-0.25, -0.2) is 0 Å². The van der Waals surface area contributed by atoms with E-state index in [1.807, 2.05) is 0 Å². The van der Waals surface area contributed by atoms with Crippen molar-refractivity contribution in [3.8, 4) is 0 Å². The molecule has 0 aliphatic heterocycles. The Morgan fingerprint density at radius 2 is 1.76 bits per heavy atom. The molecule has 0 unspecified atom stereocenters. The zero-order valence-corrected chi connectivity index (χ0v) is 10.7. The Bertz CT molecular complexity index is 683. The molecule has 2 N–H and O–H groups in total. The molecule has 1 aromatic heterocycles. The summed E-state index contributed by atoms with van der Waals surface area (Å²) in [5.41, 5.74) is -2.42. The minimum atomic E-state index is -4.86. The van der Waals surface area contributed by atoms with Crippen LogP contribution < -0.4 is 11.0 Å².